The molecule has 2 amide bonds. The van der Waals surface area contributed by atoms with Crippen molar-refractivity contribution in [2.75, 3.05) is 40.0 Å². The molecule has 1 saturated heterocycles. The molecule has 1 heterocycles. The van der Waals surface area contributed by atoms with Crippen molar-refractivity contribution in [1.82, 2.24) is 10.2 Å². The molecular formula is C26H30N2O7. The third-order valence-electron chi connectivity index (χ3n) is 6.53. The number of likely N-dealkylation sites (tertiary alicyclic amines) is 1. The number of alkyl carbamates (subject to hydrolysis) is 1. The van der Waals surface area contributed by atoms with Crippen LogP contribution < -0.4 is 5.32 Å². The third kappa shape index (κ3) is 5.80. The molecule has 2 N–H and O–H groups in total. The Morgan fingerprint density at radius 3 is 2.20 bits per heavy atom. The maximum atomic E-state index is 12.8. The van der Waals surface area contributed by atoms with Gasteiger partial charge < -0.3 is 29.5 Å². The monoisotopic (exact) mass is 482 g/mol. The number of hydrogen-bond acceptors (Lipinski definition) is 6. The number of aliphatic carboxylic acids is 1. The van der Waals surface area contributed by atoms with E-state index in [1.165, 1.54) is 7.11 Å². The highest BCUT2D eigenvalue weighted by Crippen LogP contribution is 2.44. The second-order valence-corrected chi connectivity index (χ2v) is 8.66. The lowest BCUT2D eigenvalue weighted by molar-refractivity contribution is -0.149. The second kappa shape index (κ2) is 11.3. The summed E-state index contributed by atoms with van der Waals surface area (Å²) in [6.45, 7) is 0.710. The SMILES string of the molecule is COC(CNC(=O)OCC1c2ccccc2-c2ccccc21)C(=O)N1CCC(OCC(=O)O)CC1. The van der Waals surface area contributed by atoms with Gasteiger partial charge >= 0.3 is 12.1 Å². The van der Waals surface area contributed by atoms with Gasteiger partial charge in [-0.3, -0.25) is 4.79 Å². The van der Waals surface area contributed by atoms with E-state index >= 15 is 0 Å². The topological polar surface area (TPSA) is 114 Å². The minimum Gasteiger partial charge on any atom is -0.480 e. The summed E-state index contributed by atoms with van der Waals surface area (Å²) in [5.41, 5.74) is 4.56. The van der Waals surface area contributed by atoms with Crippen LogP contribution in [-0.4, -0.2) is 80.1 Å². The Morgan fingerprint density at radius 1 is 1.03 bits per heavy atom. The Hall–Kier alpha value is -3.43. The van der Waals surface area contributed by atoms with Gasteiger partial charge in [0.05, 0.1) is 12.6 Å². The molecule has 2 aromatic rings. The van der Waals surface area contributed by atoms with E-state index in [9.17, 15) is 14.4 Å². The Morgan fingerprint density at radius 2 is 1.63 bits per heavy atom. The van der Waals surface area contributed by atoms with Crippen molar-refractivity contribution < 1.29 is 33.7 Å². The lowest BCUT2D eigenvalue weighted by Gasteiger charge is -2.33. The number of carbonyl (C=O) groups is 3. The molecule has 9 heteroatoms. The summed E-state index contributed by atoms with van der Waals surface area (Å²) in [6.07, 6.45) is -0.533. The second-order valence-electron chi connectivity index (χ2n) is 8.66. The molecule has 1 atom stereocenters. The molecule has 1 aliphatic carbocycles. The molecular weight excluding hydrogens is 452 g/mol. The number of piperidine rings is 1. The Bertz CT molecular complexity index is 1020. The number of hydrogen-bond donors (Lipinski definition) is 2. The molecule has 1 unspecified atom stereocenters. The standard InChI is InChI=1S/C26H30N2O7/c1-33-23(25(31)28-12-10-17(11-13-28)34-16-24(29)30)14-27-26(32)35-15-22-20-8-4-2-6-18(20)19-7-3-5-9-21(19)22/h2-9,17,22-23H,10-16H2,1H3,(H,27,32)(H,29,30). The molecule has 35 heavy (non-hydrogen) atoms. The maximum absolute atomic E-state index is 12.8. The van der Waals surface area contributed by atoms with E-state index in [1.807, 2.05) is 24.3 Å². The Kier molecular flexibility index (Phi) is 7.99. The highest BCUT2D eigenvalue weighted by molar-refractivity contribution is 5.82. The number of carbonyl (C=O) groups excluding carboxylic acids is 2. The minimum atomic E-state index is -1.01. The summed E-state index contributed by atoms with van der Waals surface area (Å²) in [5, 5.41) is 11.4. The van der Waals surface area contributed by atoms with Gasteiger partial charge in [-0.15, -0.1) is 0 Å². The van der Waals surface area contributed by atoms with Crippen LogP contribution in [0.3, 0.4) is 0 Å². The van der Waals surface area contributed by atoms with Crippen molar-refractivity contribution in [3.63, 3.8) is 0 Å². The predicted molar refractivity (Wildman–Crippen MR) is 127 cm³/mol. The molecule has 1 fully saturated rings. The number of carboxylic acids is 1. The van der Waals surface area contributed by atoms with E-state index < -0.39 is 18.2 Å². The van der Waals surface area contributed by atoms with E-state index in [4.69, 9.17) is 19.3 Å². The molecule has 9 nitrogen and oxygen atoms in total. The van der Waals surface area contributed by atoms with Crippen LogP contribution in [0.25, 0.3) is 11.1 Å². The minimum absolute atomic E-state index is 0.0125. The first-order chi connectivity index (χ1) is 17.0. The van der Waals surface area contributed by atoms with Crippen molar-refractivity contribution in [3.8, 4) is 11.1 Å². The quantitative estimate of drug-likeness (QED) is 0.565. The van der Waals surface area contributed by atoms with Gasteiger partial charge in [-0.1, -0.05) is 48.5 Å². The van der Waals surface area contributed by atoms with Crippen molar-refractivity contribution in [3.05, 3.63) is 59.7 Å². The van der Waals surface area contributed by atoms with Crippen molar-refractivity contribution >= 4 is 18.0 Å². The molecule has 0 saturated carbocycles. The lowest BCUT2D eigenvalue weighted by Crippen LogP contribution is -2.49. The maximum Gasteiger partial charge on any atom is 0.407 e. The van der Waals surface area contributed by atoms with Crippen molar-refractivity contribution in [2.45, 2.75) is 31.0 Å². The van der Waals surface area contributed by atoms with Crippen LogP contribution in [0.1, 0.15) is 29.9 Å². The van der Waals surface area contributed by atoms with Crippen LogP contribution in [0, 0.1) is 0 Å². The van der Waals surface area contributed by atoms with Crippen LogP contribution in [0.15, 0.2) is 48.5 Å². The van der Waals surface area contributed by atoms with Gasteiger partial charge in [0.2, 0.25) is 0 Å². The summed E-state index contributed by atoms with van der Waals surface area (Å²) in [7, 11) is 1.42. The zero-order valence-electron chi connectivity index (χ0n) is 19.6. The number of amides is 2. The first-order valence-corrected chi connectivity index (χ1v) is 11.7. The van der Waals surface area contributed by atoms with Gasteiger partial charge in [0.25, 0.3) is 5.91 Å². The number of methoxy groups -OCH3 is 1. The van der Waals surface area contributed by atoms with Crippen LogP contribution in [0.5, 0.6) is 0 Å². The number of nitrogens with one attached hydrogen (secondary N) is 1. The molecule has 0 bridgehead atoms. The van der Waals surface area contributed by atoms with Gasteiger partial charge in [0.15, 0.2) is 6.10 Å². The molecule has 2 aliphatic rings. The number of carboxylic acid groups (broad SMARTS) is 1. The fraction of sp³-hybridized carbons (Fsp3) is 0.423. The zero-order chi connectivity index (χ0) is 24.8. The highest BCUT2D eigenvalue weighted by atomic mass is 16.5. The Balaban J connectivity index is 1.25. The van der Waals surface area contributed by atoms with E-state index in [2.05, 4.69) is 29.6 Å². The largest absolute Gasteiger partial charge is 0.480 e. The normalized spacial score (nSPS) is 16.3. The van der Waals surface area contributed by atoms with Crippen LogP contribution >= 0.6 is 0 Å². The van der Waals surface area contributed by atoms with E-state index in [-0.39, 0.29) is 37.7 Å². The number of benzene rings is 2. The molecule has 4 rings (SSSR count). The van der Waals surface area contributed by atoms with Gasteiger partial charge in [-0.25, -0.2) is 9.59 Å². The van der Waals surface area contributed by atoms with Gasteiger partial charge in [-0.05, 0) is 35.1 Å². The van der Waals surface area contributed by atoms with E-state index in [0.717, 1.165) is 22.3 Å². The average Bonchev–Trinajstić information content (AvgIpc) is 3.20. The fourth-order valence-corrected chi connectivity index (χ4v) is 4.73. The first kappa shape index (κ1) is 24.7. The average molecular weight is 483 g/mol. The first-order valence-electron chi connectivity index (χ1n) is 11.7. The third-order valence-corrected chi connectivity index (χ3v) is 6.53. The lowest BCUT2D eigenvalue weighted by atomic mass is 9.98. The molecule has 0 spiro atoms. The van der Waals surface area contributed by atoms with Gasteiger partial charge in [0, 0.05) is 26.1 Å². The van der Waals surface area contributed by atoms with Gasteiger partial charge in [0.1, 0.15) is 13.2 Å². The molecule has 0 radical (unpaired) electrons. The highest BCUT2D eigenvalue weighted by Gasteiger charge is 2.31. The summed E-state index contributed by atoms with van der Waals surface area (Å²) < 4.78 is 16.2. The van der Waals surface area contributed by atoms with Crippen LogP contribution in [0.2, 0.25) is 0 Å². The fourth-order valence-electron chi connectivity index (χ4n) is 4.73. The summed E-state index contributed by atoms with van der Waals surface area (Å²) in [5.74, 6) is -1.29. The molecule has 2 aromatic carbocycles. The summed E-state index contributed by atoms with van der Waals surface area (Å²) >= 11 is 0. The molecule has 1 aliphatic heterocycles. The number of nitrogens with zero attached hydrogens (tertiary/aromatic N) is 1. The zero-order valence-corrected chi connectivity index (χ0v) is 19.6. The van der Waals surface area contributed by atoms with Crippen LogP contribution in [0.4, 0.5) is 4.79 Å². The Labute approximate surface area is 204 Å². The van der Waals surface area contributed by atoms with E-state index in [1.54, 1.807) is 4.90 Å². The molecule has 0 aromatic heterocycles. The number of fused-ring (bicyclic) bond motifs is 3. The molecule has 186 valence electrons. The van der Waals surface area contributed by atoms with Crippen LogP contribution in [-0.2, 0) is 23.8 Å². The van der Waals surface area contributed by atoms with Gasteiger partial charge in [-0.2, -0.15) is 0 Å². The number of ether oxygens (including phenoxy) is 3. The van der Waals surface area contributed by atoms with Crippen molar-refractivity contribution in [1.29, 1.82) is 0 Å². The predicted octanol–water partition coefficient (Wildman–Crippen LogP) is 2.63. The summed E-state index contributed by atoms with van der Waals surface area (Å²) in [4.78, 5) is 37.6. The smallest absolute Gasteiger partial charge is 0.407 e. The van der Waals surface area contributed by atoms with Crippen molar-refractivity contribution in [2.24, 2.45) is 0 Å². The summed E-state index contributed by atoms with van der Waals surface area (Å²) in [6, 6.07) is 16.2. The van der Waals surface area contributed by atoms with E-state index in [0.29, 0.717) is 25.9 Å². The number of rotatable bonds is 9.